The number of hydrogen-bond acceptors (Lipinski definition) is 5. The molecule has 0 amide bonds. The second kappa shape index (κ2) is 6.63. The van der Waals surface area contributed by atoms with Crippen LogP contribution in [0, 0.1) is 0 Å². The Morgan fingerprint density at radius 2 is 2.16 bits per heavy atom. The number of ether oxygens (including phenoxy) is 2. The molecule has 2 heterocycles. The van der Waals surface area contributed by atoms with Crippen LogP contribution in [0.2, 0.25) is 0 Å². The van der Waals surface area contributed by atoms with E-state index in [0.29, 0.717) is 31.6 Å². The van der Waals surface area contributed by atoms with Crippen LogP contribution in [0.1, 0.15) is 44.3 Å². The maximum Gasteiger partial charge on any atom is 0.162 e. The summed E-state index contributed by atoms with van der Waals surface area (Å²) in [5.74, 6) is 1.84. The molecule has 6 heteroatoms. The Labute approximate surface area is 122 Å². The van der Waals surface area contributed by atoms with Gasteiger partial charge in [-0.3, -0.25) is 0 Å². The Hall–Kier alpha value is -0.720. The molecule has 0 radical (unpaired) electrons. The third-order valence-electron chi connectivity index (χ3n) is 2.89. The van der Waals surface area contributed by atoms with Gasteiger partial charge in [0.25, 0.3) is 0 Å². The molecule has 0 saturated carbocycles. The second-order valence-electron chi connectivity index (χ2n) is 4.75. The van der Waals surface area contributed by atoms with Gasteiger partial charge in [-0.1, -0.05) is 13.8 Å². The highest BCUT2D eigenvalue weighted by Crippen LogP contribution is 2.31. The number of anilines is 1. The van der Waals surface area contributed by atoms with E-state index in [1.807, 2.05) is 6.92 Å². The SMILES string of the molecule is CCNc1nc(C2COCCO2)nc(C(C)C)c1Br. The van der Waals surface area contributed by atoms with Gasteiger partial charge in [-0.25, -0.2) is 9.97 Å². The summed E-state index contributed by atoms with van der Waals surface area (Å²) in [5, 5.41) is 3.26. The molecule has 0 aromatic carbocycles. The first-order valence-corrected chi connectivity index (χ1v) is 7.43. The van der Waals surface area contributed by atoms with E-state index in [0.717, 1.165) is 22.5 Å². The van der Waals surface area contributed by atoms with Crippen LogP contribution in [-0.2, 0) is 9.47 Å². The molecule has 5 nitrogen and oxygen atoms in total. The molecule has 0 spiro atoms. The predicted molar refractivity (Wildman–Crippen MR) is 77.5 cm³/mol. The predicted octanol–water partition coefficient (Wildman–Crippen LogP) is 2.88. The van der Waals surface area contributed by atoms with E-state index in [-0.39, 0.29) is 6.10 Å². The van der Waals surface area contributed by atoms with Crippen LogP contribution in [-0.4, -0.2) is 36.3 Å². The van der Waals surface area contributed by atoms with Crippen molar-refractivity contribution in [1.82, 2.24) is 9.97 Å². The average molecular weight is 330 g/mol. The molecule has 1 aliphatic rings. The van der Waals surface area contributed by atoms with Crippen molar-refractivity contribution in [2.24, 2.45) is 0 Å². The summed E-state index contributed by atoms with van der Waals surface area (Å²) in [6, 6.07) is 0. The number of nitrogens with zero attached hydrogens (tertiary/aromatic N) is 2. The Balaban J connectivity index is 2.36. The fourth-order valence-electron chi connectivity index (χ4n) is 1.93. The minimum atomic E-state index is -0.170. The molecule has 1 unspecified atom stereocenters. The minimum absolute atomic E-state index is 0.170. The van der Waals surface area contributed by atoms with Gasteiger partial charge in [-0.2, -0.15) is 0 Å². The Morgan fingerprint density at radius 3 is 2.74 bits per heavy atom. The van der Waals surface area contributed by atoms with Crippen LogP contribution < -0.4 is 5.32 Å². The van der Waals surface area contributed by atoms with Crippen LogP contribution in [0.5, 0.6) is 0 Å². The van der Waals surface area contributed by atoms with E-state index in [2.05, 4.69) is 45.1 Å². The smallest absolute Gasteiger partial charge is 0.162 e. The maximum atomic E-state index is 5.68. The first-order chi connectivity index (χ1) is 9.13. The zero-order valence-corrected chi connectivity index (χ0v) is 13.2. The lowest BCUT2D eigenvalue weighted by molar-refractivity contribution is -0.0935. The summed E-state index contributed by atoms with van der Waals surface area (Å²) in [7, 11) is 0. The number of hydrogen-bond donors (Lipinski definition) is 1. The average Bonchev–Trinajstić information content (AvgIpc) is 2.42. The number of halogens is 1. The minimum Gasteiger partial charge on any atom is -0.376 e. The summed E-state index contributed by atoms with van der Waals surface area (Å²) >= 11 is 3.58. The van der Waals surface area contributed by atoms with Crippen molar-refractivity contribution in [3.05, 3.63) is 16.0 Å². The monoisotopic (exact) mass is 329 g/mol. The first kappa shape index (κ1) is 14.7. The maximum absolute atomic E-state index is 5.68. The van der Waals surface area contributed by atoms with E-state index >= 15 is 0 Å². The van der Waals surface area contributed by atoms with Gasteiger partial charge in [0, 0.05) is 6.54 Å². The lowest BCUT2D eigenvalue weighted by Gasteiger charge is -2.23. The van der Waals surface area contributed by atoms with Gasteiger partial charge in [-0.05, 0) is 28.8 Å². The highest BCUT2D eigenvalue weighted by Gasteiger charge is 2.23. The molecule has 1 N–H and O–H groups in total. The Kier molecular flexibility index (Phi) is 5.13. The molecule has 1 aliphatic heterocycles. The molecule has 1 aromatic heterocycles. The van der Waals surface area contributed by atoms with E-state index < -0.39 is 0 Å². The van der Waals surface area contributed by atoms with Crippen molar-refractivity contribution in [2.45, 2.75) is 32.8 Å². The van der Waals surface area contributed by atoms with E-state index in [1.54, 1.807) is 0 Å². The Morgan fingerprint density at radius 1 is 1.37 bits per heavy atom. The third kappa shape index (κ3) is 3.43. The van der Waals surface area contributed by atoms with Crippen LogP contribution in [0.3, 0.4) is 0 Å². The topological polar surface area (TPSA) is 56.3 Å². The standard InChI is InChI=1S/C13H20BrN3O2/c1-4-15-13-10(14)11(8(2)3)16-12(17-13)9-7-18-5-6-19-9/h8-9H,4-7H2,1-3H3,(H,15,16,17). The van der Waals surface area contributed by atoms with Crippen LogP contribution >= 0.6 is 15.9 Å². The highest BCUT2D eigenvalue weighted by atomic mass is 79.9. The van der Waals surface area contributed by atoms with Crippen LogP contribution in [0.15, 0.2) is 4.47 Å². The van der Waals surface area contributed by atoms with Gasteiger partial charge < -0.3 is 14.8 Å². The van der Waals surface area contributed by atoms with Gasteiger partial charge in [-0.15, -0.1) is 0 Å². The van der Waals surface area contributed by atoms with Gasteiger partial charge in [0.2, 0.25) is 0 Å². The molecule has 1 saturated heterocycles. The normalized spacial score (nSPS) is 19.7. The van der Waals surface area contributed by atoms with E-state index in [9.17, 15) is 0 Å². The van der Waals surface area contributed by atoms with Gasteiger partial charge in [0.05, 0.1) is 30.0 Å². The molecule has 1 atom stereocenters. The van der Waals surface area contributed by atoms with Crippen molar-refractivity contribution in [3.8, 4) is 0 Å². The fraction of sp³-hybridized carbons (Fsp3) is 0.692. The zero-order valence-electron chi connectivity index (χ0n) is 11.6. The summed E-state index contributed by atoms with van der Waals surface area (Å²) in [6.07, 6.45) is -0.170. The molecule has 1 aromatic rings. The van der Waals surface area contributed by atoms with Gasteiger partial charge >= 0.3 is 0 Å². The summed E-state index contributed by atoms with van der Waals surface area (Å²) < 4.78 is 12.0. The third-order valence-corrected chi connectivity index (χ3v) is 3.67. The zero-order chi connectivity index (χ0) is 13.8. The summed E-state index contributed by atoms with van der Waals surface area (Å²) in [5.41, 5.74) is 0.995. The lowest BCUT2D eigenvalue weighted by Crippen LogP contribution is -2.24. The van der Waals surface area contributed by atoms with Crippen molar-refractivity contribution < 1.29 is 9.47 Å². The van der Waals surface area contributed by atoms with Crippen LogP contribution in [0.25, 0.3) is 0 Å². The molecule has 0 bridgehead atoms. The van der Waals surface area contributed by atoms with Crippen LogP contribution in [0.4, 0.5) is 5.82 Å². The Bertz CT molecular complexity index is 434. The molecular formula is C13H20BrN3O2. The number of rotatable bonds is 4. The molecule has 19 heavy (non-hydrogen) atoms. The fourth-order valence-corrected chi connectivity index (χ4v) is 2.71. The number of nitrogens with one attached hydrogen (secondary N) is 1. The summed E-state index contributed by atoms with van der Waals surface area (Å²) in [6.45, 7) is 8.85. The first-order valence-electron chi connectivity index (χ1n) is 6.64. The van der Waals surface area contributed by atoms with Crippen molar-refractivity contribution in [3.63, 3.8) is 0 Å². The van der Waals surface area contributed by atoms with E-state index in [4.69, 9.17) is 9.47 Å². The molecule has 1 fully saturated rings. The van der Waals surface area contributed by atoms with Gasteiger partial charge in [0.15, 0.2) is 5.82 Å². The molecular weight excluding hydrogens is 310 g/mol. The van der Waals surface area contributed by atoms with Gasteiger partial charge in [0.1, 0.15) is 11.9 Å². The quantitative estimate of drug-likeness (QED) is 0.920. The van der Waals surface area contributed by atoms with Crippen molar-refractivity contribution in [1.29, 1.82) is 0 Å². The number of aromatic nitrogens is 2. The molecule has 2 rings (SSSR count). The summed E-state index contributed by atoms with van der Waals surface area (Å²) in [4.78, 5) is 9.19. The second-order valence-corrected chi connectivity index (χ2v) is 5.54. The largest absolute Gasteiger partial charge is 0.376 e. The molecule has 0 aliphatic carbocycles. The van der Waals surface area contributed by atoms with Crippen molar-refractivity contribution >= 4 is 21.7 Å². The highest BCUT2D eigenvalue weighted by molar-refractivity contribution is 9.10. The van der Waals surface area contributed by atoms with E-state index in [1.165, 1.54) is 0 Å². The lowest BCUT2D eigenvalue weighted by atomic mass is 10.1. The van der Waals surface area contributed by atoms with Crippen molar-refractivity contribution in [2.75, 3.05) is 31.7 Å². The molecule has 106 valence electrons.